The Bertz CT molecular complexity index is 510. The number of nitrogens with one attached hydrogen (secondary N) is 1. The Morgan fingerprint density at radius 3 is 2.73 bits per heavy atom. The fraction of sp³-hybridized carbons (Fsp3) is 0.800. The van der Waals surface area contributed by atoms with Crippen LogP contribution >= 0.6 is 24.0 Å². The van der Waals surface area contributed by atoms with Gasteiger partial charge in [-0.15, -0.1) is 24.0 Å². The minimum absolute atomic E-state index is 0. The van der Waals surface area contributed by atoms with Gasteiger partial charge in [-0.3, -0.25) is 4.99 Å². The van der Waals surface area contributed by atoms with Crippen LogP contribution in [0.2, 0.25) is 0 Å². The minimum Gasteiger partial charge on any atom is -0.349 e. The van der Waals surface area contributed by atoms with Gasteiger partial charge in [0.1, 0.15) is 0 Å². The smallest absolute Gasteiger partial charge is 0.223 e. The number of aryl methyl sites for hydroxylation is 1. The molecule has 3 rings (SSSR count). The molecular formula is C15H26IN5O. The summed E-state index contributed by atoms with van der Waals surface area (Å²) in [6, 6.07) is 0. The molecule has 0 amide bonds. The van der Waals surface area contributed by atoms with Crippen molar-refractivity contribution in [1.29, 1.82) is 0 Å². The molecule has 1 aliphatic heterocycles. The number of aromatic nitrogens is 2. The second-order valence-corrected chi connectivity index (χ2v) is 6.36. The van der Waals surface area contributed by atoms with Crippen LogP contribution in [-0.4, -0.2) is 41.1 Å². The van der Waals surface area contributed by atoms with E-state index in [0.717, 1.165) is 19.0 Å². The highest BCUT2D eigenvalue weighted by molar-refractivity contribution is 14.0. The van der Waals surface area contributed by atoms with Crippen molar-refractivity contribution in [3.8, 4) is 0 Å². The van der Waals surface area contributed by atoms with Gasteiger partial charge in [0.2, 0.25) is 5.89 Å². The highest BCUT2D eigenvalue weighted by Crippen LogP contribution is 2.43. The SMILES string of the molecule is CN=C(NCc1noc(C)n1)N1CCC2(CCCCC2)C1.I. The zero-order chi connectivity index (χ0) is 14.7. The molecule has 1 aliphatic carbocycles. The molecule has 1 aromatic rings. The Hall–Kier alpha value is -0.860. The van der Waals surface area contributed by atoms with Crippen LogP contribution in [0, 0.1) is 12.3 Å². The maximum atomic E-state index is 4.99. The van der Waals surface area contributed by atoms with Crippen molar-refractivity contribution < 1.29 is 4.52 Å². The number of hydrogen-bond acceptors (Lipinski definition) is 4. The molecule has 124 valence electrons. The molecule has 2 fully saturated rings. The van der Waals surface area contributed by atoms with E-state index < -0.39 is 0 Å². The highest BCUT2D eigenvalue weighted by atomic mass is 127. The van der Waals surface area contributed by atoms with Gasteiger partial charge in [-0.25, -0.2) is 0 Å². The Balaban J connectivity index is 0.00000176. The Morgan fingerprint density at radius 1 is 1.32 bits per heavy atom. The number of halogens is 1. The van der Waals surface area contributed by atoms with Crippen LogP contribution in [-0.2, 0) is 6.54 Å². The summed E-state index contributed by atoms with van der Waals surface area (Å²) in [5, 5.41) is 7.26. The lowest BCUT2D eigenvalue weighted by Crippen LogP contribution is -2.41. The average molecular weight is 419 g/mol. The van der Waals surface area contributed by atoms with E-state index >= 15 is 0 Å². The molecule has 0 radical (unpaired) electrons. The summed E-state index contributed by atoms with van der Waals surface area (Å²) in [6.45, 7) is 4.61. The molecule has 2 heterocycles. The molecular weight excluding hydrogens is 393 g/mol. The second-order valence-electron chi connectivity index (χ2n) is 6.36. The van der Waals surface area contributed by atoms with Crippen LogP contribution < -0.4 is 5.32 Å². The first-order valence-electron chi connectivity index (χ1n) is 7.96. The molecule has 6 nitrogen and oxygen atoms in total. The fourth-order valence-electron chi connectivity index (χ4n) is 3.73. The molecule has 0 atom stereocenters. The molecule has 7 heteroatoms. The Morgan fingerprint density at radius 2 is 2.09 bits per heavy atom. The van der Waals surface area contributed by atoms with Gasteiger partial charge in [-0.1, -0.05) is 24.4 Å². The summed E-state index contributed by atoms with van der Waals surface area (Å²) in [4.78, 5) is 11.0. The molecule has 0 aromatic carbocycles. The van der Waals surface area contributed by atoms with Crippen LogP contribution in [0.15, 0.2) is 9.52 Å². The Kier molecular flexibility index (Phi) is 6.05. The third-order valence-corrected chi connectivity index (χ3v) is 4.84. The van der Waals surface area contributed by atoms with E-state index in [1.54, 1.807) is 6.92 Å². The molecule has 1 N–H and O–H groups in total. The van der Waals surface area contributed by atoms with E-state index in [1.807, 2.05) is 7.05 Å². The van der Waals surface area contributed by atoms with Crippen molar-refractivity contribution in [2.45, 2.75) is 52.0 Å². The predicted octanol–water partition coefficient (Wildman–Crippen LogP) is 2.73. The van der Waals surface area contributed by atoms with Gasteiger partial charge in [0.05, 0.1) is 6.54 Å². The van der Waals surface area contributed by atoms with Gasteiger partial charge in [0.25, 0.3) is 0 Å². The molecule has 1 saturated heterocycles. The third-order valence-electron chi connectivity index (χ3n) is 4.84. The minimum atomic E-state index is 0. The van der Waals surface area contributed by atoms with E-state index in [-0.39, 0.29) is 24.0 Å². The maximum absolute atomic E-state index is 4.99. The lowest BCUT2D eigenvalue weighted by Gasteiger charge is -2.33. The van der Waals surface area contributed by atoms with Crippen LogP contribution in [0.5, 0.6) is 0 Å². The first-order chi connectivity index (χ1) is 10.2. The van der Waals surface area contributed by atoms with Crippen molar-refractivity contribution >= 4 is 29.9 Å². The topological polar surface area (TPSA) is 66.5 Å². The van der Waals surface area contributed by atoms with Gasteiger partial charge < -0.3 is 14.7 Å². The van der Waals surface area contributed by atoms with Gasteiger partial charge in [-0.2, -0.15) is 4.98 Å². The summed E-state index contributed by atoms with van der Waals surface area (Å²) in [5.74, 6) is 2.24. The molecule has 22 heavy (non-hydrogen) atoms. The monoisotopic (exact) mass is 419 g/mol. The van der Waals surface area contributed by atoms with Crippen LogP contribution in [0.3, 0.4) is 0 Å². The Labute approximate surface area is 149 Å². The highest BCUT2D eigenvalue weighted by Gasteiger charge is 2.39. The zero-order valence-corrected chi connectivity index (χ0v) is 15.8. The van der Waals surface area contributed by atoms with Gasteiger partial charge in [0.15, 0.2) is 11.8 Å². The van der Waals surface area contributed by atoms with Crippen molar-refractivity contribution in [3.63, 3.8) is 0 Å². The first kappa shape index (κ1) is 17.5. The van der Waals surface area contributed by atoms with Gasteiger partial charge in [0, 0.05) is 27.1 Å². The number of likely N-dealkylation sites (tertiary alicyclic amines) is 1. The normalized spacial score (nSPS) is 21.0. The van der Waals surface area contributed by atoms with Gasteiger partial charge >= 0.3 is 0 Å². The molecule has 1 saturated carbocycles. The number of hydrogen-bond donors (Lipinski definition) is 1. The second kappa shape index (κ2) is 7.61. The molecule has 2 aliphatic rings. The third kappa shape index (κ3) is 3.91. The quantitative estimate of drug-likeness (QED) is 0.454. The van der Waals surface area contributed by atoms with E-state index in [2.05, 4.69) is 25.3 Å². The average Bonchev–Trinajstić information content (AvgIpc) is 3.08. The summed E-state index contributed by atoms with van der Waals surface area (Å²) in [5.41, 5.74) is 0.540. The largest absolute Gasteiger partial charge is 0.349 e. The molecule has 1 spiro atoms. The molecule has 1 aromatic heterocycles. The summed E-state index contributed by atoms with van der Waals surface area (Å²) < 4.78 is 4.99. The zero-order valence-electron chi connectivity index (χ0n) is 13.5. The van der Waals surface area contributed by atoms with Crippen molar-refractivity contribution in [1.82, 2.24) is 20.4 Å². The van der Waals surface area contributed by atoms with E-state index in [4.69, 9.17) is 4.52 Å². The number of nitrogens with zero attached hydrogens (tertiary/aromatic N) is 4. The lowest BCUT2D eigenvalue weighted by atomic mass is 9.73. The van der Waals surface area contributed by atoms with E-state index in [0.29, 0.717) is 23.7 Å². The number of rotatable bonds is 2. The van der Waals surface area contributed by atoms with Crippen molar-refractivity contribution in [3.05, 3.63) is 11.7 Å². The van der Waals surface area contributed by atoms with E-state index in [1.165, 1.54) is 38.5 Å². The predicted molar refractivity (Wildman–Crippen MR) is 96.4 cm³/mol. The van der Waals surface area contributed by atoms with Crippen LogP contribution in [0.1, 0.15) is 50.2 Å². The first-order valence-corrected chi connectivity index (χ1v) is 7.96. The fourth-order valence-corrected chi connectivity index (χ4v) is 3.73. The van der Waals surface area contributed by atoms with Crippen molar-refractivity contribution in [2.75, 3.05) is 20.1 Å². The molecule has 0 bridgehead atoms. The standard InChI is InChI=1S/C15H25N5O.HI/c1-12-18-13(19-21-12)10-17-14(16-2)20-9-8-15(11-20)6-4-3-5-7-15;/h3-11H2,1-2H3,(H,16,17);1H. The molecule has 0 unspecified atom stereocenters. The van der Waals surface area contributed by atoms with Crippen LogP contribution in [0.4, 0.5) is 0 Å². The van der Waals surface area contributed by atoms with Crippen LogP contribution in [0.25, 0.3) is 0 Å². The number of guanidine groups is 1. The van der Waals surface area contributed by atoms with Gasteiger partial charge in [-0.05, 0) is 24.7 Å². The summed E-state index contributed by atoms with van der Waals surface area (Å²) >= 11 is 0. The summed E-state index contributed by atoms with van der Waals surface area (Å²) in [7, 11) is 1.84. The maximum Gasteiger partial charge on any atom is 0.223 e. The van der Waals surface area contributed by atoms with Crippen molar-refractivity contribution in [2.24, 2.45) is 10.4 Å². The van der Waals surface area contributed by atoms with E-state index in [9.17, 15) is 0 Å². The summed E-state index contributed by atoms with van der Waals surface area (Å²) in [6.07, 6.45) is 8.25. The number of aliphatic imine (C=N–C) groups is 1. The lowest BCUT2D eigenvalue weighted by molar-refractivity contribution is 0.203.